The van der Waals surface area contributed by atoms with Crippen LogP contribution in [0.1, 0.15) is 33.6 Å². The summed E-state index contributed by atoms with van der Waals surface area (Å²) in [6.07, 6.45) is 5.63. The highest BCUT2D eigenvalue weighted by Crippen LogP contribution is 2.23. The zero-order valence-electron chi connectivity index (χ0n) is 7.60. The standard InChI is InChI=1S/C9H18FP/c1-4-5-6-7-9(3,10)8(2)11/h6-8H,4-5,11H2,1-3H3/b7-6-. The third-order valence-electron chi connectivity index (χ3n) is 1.79. The summed E-state index contributed by atoms with van der Waals surface area (Å²) in [4.78, 5) is 0. The van der Waals surface area contributed by atoms with Gasteiger partial charge in [0.1, 0.15) is 5.67 Å². The first-order valence-electron chi connectivity index (χ1n) is 4.13. The molecule has 0 aliphatic heterocycles. The number of hydrogen-bond donors (Lipinski definition) is 0. The Morgan fingerprint density at radius 1 is 1.64 bits per heavy atom. The second kappa shape index (κ2) is 4.87. The molecule has 11 heavy (non-hydrogen) atoms. The first kappa shape index (κ1) is 11.1. The Labute approximate surface area is 71.5 Å². The van der Waals surface area contributed by atoms with Crippen LogP contribution in [-0.2, 0) is 0 Å². The Kier molecular flexibility index (Phi) is 4.92. The zero-order valence-corrected chi connectivity index (χ0v) is 8.76. The van der Waals surface area contributed by atoms with Crippen LogP contribution in [0.15, 0.2) is 12.2 Å². The van der Waals surface area contributed by atoms with E-state index in [1.165, 1.54) is 0 Å². The topological polar surface area (TPSA) is 0 Å². The average molecular weight is 176 g/mol. The highest BCUT2D eigenvalue weighted by Gasteiger charge is 2.23. The van der Waals surface area contributed by atoms with Gasteiger partial charge in [-0.05, 0) is 13.3 Å². The Hall–Kier alpha value is 0.100. The predicted octanol–water partition coefficient (Wildman–Crippen LogP) is 3.33. The summed E-state index contributed by atoms with van der Waals surface area (Å²) in [7, 11) is 2.49. The number of unbranched alkanes of at least 4 members (excludes halogenated alkanes) is 1. The van der Waals surface area contributed by atoms with Crippen molar-refractivity contribution in [2.24, 2.45) is 0 Å². The maximum absolute atomic E-state index is 13.4. The lowest BCUT2D eigenvalue weighted by Crippen LogP contribution is -2.24. The lowest BCUT2D eigenvalue weighted by atomic mass is 10.0. The minimum absolute atomic E-state index is 0.0180. The van der Waals surface area contributed by atoms with Crippen LogP contribution in [0.4, 0.5) is 4.39 Å². The summed E-state index contributed by atoms with van der Waals surface area (Å²) in [5, 5.41) is 0. The van der Waals surface area contributed by atoms with Gasteiger partial charge in [0.15, 0.2) is 0 Å². The Bertz CT molecular complexity index is 128. The van der Waals surface area contributed by atoms with Crippen LogP contribution in [0.5, 0.6) is 0 Å². The number of allylic oxidation sites excluding steroid dienone is 2. The molecule has 0 aromatic heterocycles. The van der Waals surface area contributed by atoms with E-state index in [1.807, 2.05) is 13.0 Å². The minimum atomic E-state index is -1.17. The van der Waals surface area contributed by atoms with Crippen LogP contribution >= 0.6 is 9.24 Å². The van der Waals surface area contributed by atoms with E-state index in [2.05, 4.69) is 16.2 Å². The van der Waals surface area contributed by atoms with Gasteiger partial charge in [-0.3, -0.25) is 0 Å². The number of alkyl halides is 1. The van der Waals surface area contributed by atoms with Gasteiger partial charge in [0.25, 0.3) is 0 Å². The summed E-state index contributed by atoms with van der Waals surface area (Å²) in [6.45, 7) is 5.56. The van der Waals surface area contributed by atoms with Crippen molar-refractivity contribution in [3.8, 4) is 0 Å². The molecule has 0 amide bonds. The van der Waals surface area contributed by atoms with E-state index in [9.17, 15) is 4.39 Å². The fourth-order valence-corrected chi connectivity index (χ4v) is 0.743. The number of hydrogen-bond acceptors (Lipinski definition) is 0. The third kappa shape index (κ3) is 4.53. The van der Waals surface area contributed by atoms with Crippen molar-refractivity contribution in [1.29, 1.82) is 0 Å². The maximum atomic E-state index is 13.4. The largest absolute Gasteiger partial charge is 0.239 e. The van der Waals surface area contributed by atoms with Gasteiger partial charge in [-0.1, -0.05) is 32.4 Å². The van der Waals surface area contributed by atoms with Crippen molar-refractivity contribution < 1.29 is 4.39 Å². The molecule has 0 aromatic rings. The van der Waals surface area contributed by atoms with Crippen molar-refractivity contribution in [1.82, 2.24) is 0 Å². The van der Waals surface area contributed by atoms with Crippen molar-refractivity contribution in [3.63, 3.8) is 0 Å². The molecule has 0 saturated heterocycles. The monoisotopic (exact) mass is 176 g/mol. The van der Waals surface area contributed by atoms with Gasteiger partial charge in [0.2, 0.25) is 0 Å². The summed E-state index contributed by atoms with van der Waals surface area (Å²) in [5.41, 5.74) is -1.18. The molecule has 0 fully saturated rings. The van der Waals surface area contributed by atoms with Crippen LogP contribution in [-0.4, -0.2) is 11.3 Å². The summed E-state index contributed by atoms with van der Waals surface area (Å²) < 4.78 is 13.4. The molecule has 0 spiro atoms. The van der Waals surface area contributed by atoms with Crippen LogP contribution in [0.3, 0.4) is 0 Å². The Morgan fingerprint density at radius 2 is 2.18 bits per heavy atom. The fraction of sp³-hybridized carbons (Fsp3) is 0.778. The average Bonchev–Trinajstić information content (AvgIpc) is 1.88. The summed E-state index contributed by atoms with van der Waals surface area (Å²) in [6, 6.07) is 0. The maximum Gasteiger partial charge on any atom is 0.132 e. The van der Waals surface area contributed by atoms with Crippen LogP contribution < -0.4 is 0 Å². The SMILES string of the molecule is CCC/C=C\C(C)(F)C(C)P. The van der Waals surface area contributed by atoms with Crippen molar-refractivity contribution in [3.05, 3.63) is 12.2 Å². The molecule has 0 nitrogen and oxygen atoms in total. The van der Waals surface area contributed by atoms with E-state index in [-0.39, 0.29) is 5.66 Å². The van der Waals surface area contributed by atoms with Crippen LogP contribution in [0.25, 0.3) is 0 Å². The van der Waals surface area contributed by atoms with Gasteiger partial charge in [-0.2, -0.15) is 0 Å². The predicted molar refractivity (Wildman–Crippen MR) is 52.7 cm³/mol. The number of halogens is 1. The van der Waals surface area contributed by atoms with Crippen molar-refractivity contribution >= 4 is 9.24 Å². The highest BCUT2D eigenvalue weighted by atomic mass is 31.0. The normalized spacial score (nSPS) is 20.1. The molecule has 0 heterocycles. The van der Waals surface area contributed by atoms with Gasteiger partial charge in [0, 0.05) is 5.66 Å². The molecule has 0 aliphatic carbocycles. The van der Waals surface area contributed by atoms with Crippen molar-refractivity contribution in [2.75, 3.05) is 0 Å². The molecule has 0 saturated carbocycles. The van der Waals surface area contributed by atoms with E-state index in [0.717, 1.165) is 12.8 Å². The Morgan fingerprint density at radius 3 is 2.55 bits per heavy atom. The van der Waals surface area contributed by atoms with E-state index in [4.69, 9.17) is 0 Å². The third-order valence-corrected chi connectivity index (χ3v) is 2.44. The molecule has 0 radical (unpaired) electrons. The molecule has 3 atom stereocenters. The first-order valence-corrected chi connectivity index (χ1v) is 4.79. The minimum Gasteiger partial charge on any atom is -0.239 e. The molecule has 2 heteroatoms. The second-order valence-electron chi connectivity index (χ2n) is 3.13. The lowest BCUT2D eigenvalue weighted by Gasteiger charge is -2.19. The summed E-state index contributed by atoms with van der Waals surface area (Å²) in [5.74, 6) is 0. The first-order chi connectivity index (χ1) is 5.00. The molecule has 0 N–H and O–H groups in total. The zero-order chi connectivity index (χ0) is 8.91. The fourth-order valence-electron chi connectivity index (χ4n) is 0.632. The Balaban J connectivity index is 3.90. The molecule has 3 unspecified atom stereocenters. The molecule has 66 valence electrons. The smallest absolute Gasteiger partial charge is 0.132 e. The van der Waals surface area contributed by atoms with Crippen molar-refractivity contribution in [2.45, 2.75) is 44.9 Å². The second-order valence-corrected chi connectivity index (χ2v) is 4.13. The number of rotatable bonds is 4. The van der Waals surface area contributed by atoms with Crippen LogP contribution in [0.2, 0.25) is 0 Å². The molecule has 0 bridgehead atoms. The van der Waals surface area contributed by atoms with E-state index >= 15 is 0 Å². The van der Waals surface area contributed by atoms with Gasteiger partial charge in [-0.25, -0.2) is 4.39 Å². The van der Waals surface area contributed by atoms with E-state index < -0.39 is 5.67 Å². The molecular formula is C9H18FP. The molecule has 0 rings (SSSR count). The van der Waals surface area contributed by atoms with E-state index in [1.54, 1.807) is 13.0 Å². The van der Waals surface area contributed by atoms with Gasteiger partial charge in [-0.15, -0.1) is 9.24 Å². The van der Waals surface area contributed by atoms with Crippen LogP contribution in [0, 0.1) is 0 Å². The van der Waals surface area contributed by atoms with E-state index in [0.29, 0.717) is 0 Å². The lowest BCUT2D eigenvalue weighted by molar-refractivity contribution is 0.257. The highest BCUT2D eigenvalue weighted by molar-refractivity contribution is 7.17. The summed E-state index contributed by atoms with van der Waals surface area (Å²) >= 11 is 0. The molecule has 0 aliphatic rings. The quantitative estimate of drug-likeness (QED) is 0.455. The molecular weight excluding hydrogens is 158 g/mol. The molecule has 0 aromatic carbocycles. The van der Waals surface area contributed by atoms with Gasteiger partial charge < -0.3 is 0 Å². The van der Waals surface area contributed by atoms with Gasteiger partial charge in [0.05, 0.1) is 0 Å². The van der Waals surface area contributed by atoms with Gasteiger partial charge >= 0.3 is 0 Å².